The van der Waals surface area contributed by atoms with E-state index in [1.807, 2.05) is 23.1 Å². The van der Waals surface area contributed by atoms with Gasteiger partial charge in [0.25, 0.3) is 0 Å². The van der Waals surface area contributed by atoms with Crippen molar-refractivity contribution in [2.45, 2.75) is 57.7 Å². The van der Waals surface area contributed by atoms with E-state index in [0.717, 1.165) is 69.4 Å². The first-order valence-electron chi connectivity index (χ1n) is 13.3. The molecule has 1 atom stereocenters. The SMILES string of the molecule is Cl.O=C(N[C@@H](CCN1CCC2(CC1)CC(=O)N(Cc1ccc(OC(F)F)cc1)C2)c1ccccc1)C1CC1. The molecular weight excluding hydrogens is 512 g/mol. The van der Waals surface area contributed by atoms with Gasteiger partial charge in [0.1, 0.15) is 5.75 Å². The van der Waals surface area contributed by atoms with Crippen LogP contribution in [0.4, 0.5) is 8.78 Å². The molecule has 2 aromatic carbocycles. The predicted molar refractivity (Wildman–Crippen MR) is 143 cm³/mol. The van der Waals surface area contributed by atoms with Crippen LogP contribution in [0.25, 0.3) is 0 Å². The zero-order valence-electron chi connectivity index (χ0n) is 21.5. The van der Waals surface area contributed by atoms with Gasteiger partial charge in [0.15, 0.2) is 0 Å². The van der Waals surface area contributed by atoms with Crippen molar-refractivity contribution in [2.24, 2.45) is 11.3 Å². The molecule has 38 heavy (non-hydrogen) atoms. The number of nitrogens with one attached hydrogen (secondary N) is 1. The Labute approximate surface area is 229 Å². The second kappa shape index (κ2) is 12.4. The van der Waals surface area contributed by atoms with Gasteiger partial charge in [-0.3, -0.25) is 9.59 Å². The number of amides is 2. The van der Waals surface area contributed by atoms with Gasteiger partial charge >= 0.3 is 6.61 Å². The second-order valence-corrected chi connectivity index (χ2v) is 10.8. The number of benzene rings is 2. The molecule has 1 N–H and O–H groups in total. The molecule has 1 aliphatic carbocycles. The molecule has 206 valence electrons. The zero-order chi connectivity index (χ0) is 25.8. The molecule has 0 radical (unpaired) electrons. The highest BCUT2D eigenvalue weighted by atomic mass is 35.5. The van der Waals surface area contributed by atoms with E-state index in [9.17, 15) is 18.4 Å². The number of hydrogen-bond acceptors (Lipinski definition) is 4. The van der Waals surface area contributed by atoms with Crippen molar-refractivity contribution in [2.75, 3.05) is 26.2 Å². The number of carbonyl (C=O) groups excluding carboxylic acids is 2. The van der Waals surface area contributed by atoms with Gasteiger partial charge in [0, 0.05) is 32.0 Å². The van der Waals surface area contributed by atoms with Crippen LogP contribution >= 0.6 is 12.4 Å². The van der Waals surface area contributed by atoms with E-state index in [1.54, 1.807) is 12.1 Å². The molecule has 0 aromatic heterocycles. The molecule has 2 aromatic rings. The van der Waals surface area contributed by atoms with Crippen LogP contribution in [0.1, 0.15) is 55.7 Å². The van der Waals surface area contributed by atoms with Gasteiger partial charge in [0.05, 0.1) is 6.04 Å². The van der Waals surface area contributed by atoms with Crippen molar-refractivity contribution in [3.05, 3.63) is 65.7 Å². The van der Waals surface area contributed by atoms with Crippen LogP contribution in [0.3, 0.4) is 0 Å². The van der Waals surface area contributed by atoms with Crippen molar-refractivity contribution in [3.8, 4) is 5.75 Å². The minimum absolute atomic E-state index is 0. The maximum absolute atomic E-state index is 12.8. The minimum Gasteiger partial charge on any atom is -0.435 e. The lowest BCUT2D eigenvalue weighted by atomic mass is 9.77. The molecule has 5 rings (SSSR count). The van der Waals surface area contributed by atoms with Gasteiger partial charge in [0.2, 0.25) is 11.8 Å². The predicted octanol–water partition coefficient (Wildman–Crippen LogP) is 5.18. The fraction of sp³-hybridized carbons (Fsp3) is 0.517. The summed E-state index contributed by atoms with van der Waals surface area (Å²) in [7, 11) is 0. The van der Waals surface area contributed by atoms with Gasteiger partial charge < -0.3 is 19.9 Å². The number of carbonyl (C=O) groups is 2. The number of nitrogens with zero attached hydrogens (tertiary/aromatic N) is 2. The normalized spacial score (nSPS) is 19.9. The van der Waals surface area contributed by atoms with Crippen molar-refractivity contribution in [3.63, 3.8) is 0 Å². The third-order valence-corrected chi connectivity index (χ3v) is 8.04. The lowest BCUT2D eigenvalue weighted by molar-refractivity contribution is -0.128. The fourth-order valence-corrected chi connectivity index (χ4v) is 5.66. The summed E-state index contributed by atoms with van der Waals surface area (Å²) in [4.78, 5) is 29.7. The van der Waals surface area contributed by atoms with Crippen molar-refractivity contribution < 1.29 is 23.1 Å². The molecule has 3 fully saturated rings. The molecule has 0 unspecified atom stereocenters. The van der Waals surface area contributed by atoms with Crippen LogP contribution in [0.5, 0.6) is 5.75 Å². The zero-order valence-corrected chi connectivity index (χ0v) is 22.3. The first-order valence-corrected chi connectivity index (χ1v) is 13.3. The highest BCUT2D eigenvalue weighted by Crippen LogP contribution is 2.41. The van der Waals surface area contributed by atoms with E-state index in [4.69, 9.17) is 0 Å². The van der Waals surface area contributed by atoms with Crippen molar-refractivity contribution in [1.29, 1.82) is 0 Å². The first-order chi connectivity index (χ1) is 17.9. The summed E-state index contributed by atoms with van der Waals surface area (Å²) in [6, 6.07) is 16.7. The molecular formula is C29H36ClF2N3O3. The van der Waals surface area contributed by atoms with E-state index in [-0.39, 0.29) is 47.3 Å². The monoisotopic (exact) mass is 547 g/mol. The summed E-state index contributed by atoms with van der Waals surface area (Å²) < 4.78 is 29.2. The molecule has 1 saturated carbocycles. The average molecular weight is 548 g/mol. The lowest BCUT2D eigenvalue weighted by Gasteiger charge is -2.39. The Kier molecular flexibility index (Phi) is 9.26. The Morgan fingerprint density at radius 1 is 1.05 bits per heavy atom. The van der Waals surface area contributed by atoms with Crippen LogP contribution < -0.4 is 10.1 Å². The summed E-state index contributed by atoms with van der Waals surface area (Å²) in [6.07, 6.45) is 5.37. The van der Waals surface area contributed by atoms with E-state index >= 15 is 0 Å². The molecule has 2 saturated heterocycles. The summed E-state index contributed by atoms with van der Waals surface area (Å²) in [5, 5.41) is 3.27. The Hall–Kier alpha value is -2.71. The van der Waals surface area contributed by atoms with Crippen molar-refractivity contribution in [1.82, 2.24) is 15.1 Å². The van der Waals surface area contributed by atoms with Crippen LogP contribution in [0, 0.1) is 11.3 Å². The first kappa shape index (κ1) is 28.3. The number of hydrogen-bond donors (Lipinski definition) is 1. The molecule has 6 nitrogen and oxygen atoms in total. The van der Waals surface area contributed by atoms with E-state index < -0.39 is 6.61 Å². The number of piperidine rings is 1. The summed E-state index contributed by atoms with van der Waals surface area (Å²) in [5.74, 6) is 0.644. The number of rotatable bonds is 10. The van der Waals surface area contributed by atoms with Crippen molar-refractivity contribution >= 4 is 24.2 Å². The molecule has 0 bridgehead atoms. The Balaban J connectivity index is 0.00000336. The quantitative estimate of drug-likeness (QED) is 0.445. The largest absolute Gasteiger partial charge is 0.435 e. The highest BCUT2D eigenvalue weighted by molar-refractivity contribution is 5.85. The summed E-state index contributed by atoms with van der Waals surface area (Å²) in [5.41, 5.74) is 2.06. The van der Waals surface area contributed by atoms with Crippen LogP contribution in [0.2, 0.25) is 0 Å². The topological polar surface area (TPSA) is 61.9 Å². The van der Waals surface area contributed by atoms with Gasteiger partial charge in [-0.15, -0.1) is 12.4 Å². The van der Waals surface area contributed by atoms with E-state index in [1.165, 1.54) is 12.1 Å². The van der Waals surface area contributed by atoms with E-state index in [2.05, 4.69) is 27.1 Å². The number of halogens is 3. The van der Waals surface area contributed by atoms with E-state index in [0.29, 0.717) is 13.0 Å². The maximum atomic E-state index is 12.8. The third kappa shape index (κ3) is 7.23. The molecule has 2 heterocycles. The molecule has 3 aliphatic rings. The average Bonchev–Trinajstić information content (AvgIpc) is 3.70. The molecule has 1 spiro atoms. The lowest BCUT2D eigenvalue weighted by Crippen LogP contribution is -2.42. The Morgan fingerprint density at radius 2 is 1.74 bits per heavy atom. The minimum atomic E-state index is -2.84. The summed E-state index contributed by atoms with van der Waals surface area (Å²) >= 11 is 0. The highest BCUT2D eigenvalue weighted by Gasteiger charge is 2.44. The van der Waals surface area contributed by atoms with Crippen LogP contribution in [0.15, 0.2) is 54.6 Å². The fourth-order valence-electron chi connectivity index (χ4n) is 5.66. The van der Waals surface area contributed by atoms with Gasteiger partial charge in [-0.25, -0.2) is 0 Å². The molecule has 2 aliphatic heterocycles. The Morgan fingerprint density at radius 3 is 2.37 bits per heavy atom. The summed E-state index contributed by atoms with van der Waals surface area (Å²) in [6.45, 7) is 1.17. The second-order valence-electron chi connectivity index (χ2n) is 10.8. The number of alkyl halides is 2. The maximum Gasteiger partial charge on any atom is 0.387 e. The Bertz CT molecular complexity index is 1070. The molecule has 2 amide bonds. The standard InChI is InChI=1S/C29H35F2N3O3.ClH/c30-28(31)37-24-10-6-21(7-11-24)19-34-20-29(18-26(34)35)13-16-33(17-14-29)15-12-25(22-4-2-1-3-5-22)32-27(36)23-8-9-23;/h1-7,10-11,23,25,28H,8-9,12-20H2,(H,32,36);1H/t25-;/m0./s1. The number of ether oxygens (including phenoxy) is 1. The van der Waals surface area contributed by atoms with Gasteiger partial charge in [-0.05, 0) is 73.9 Å². The van der Waals surface area contributed by atoms with Crippen LogP contribution in [-0.2, 0) is 16.1 Å². The van der Waals surface area contributed by atoms with Gasteiger partial charge in [-0.1, -0.05) is 42.5 Å². The van der Waals surface area contributed by atoms with Crippen LogP contribution in [-0.4, -0.2) is 54.4 Å². The number of likely N-dealkylation sites (tertiary alicyclic amines) is 2. The third-order valence-electron chi connectivity index (χ3n) is 8.04. The smallest absolute Gasteiger partial charge is 0.387 e. The molecule has 9 heteroatoms. The van der Waals surface area contributed by atoms with Gasteiger partial charge in [-0.2, -0.15) is 8.78 Å².